The van der Waals surface area contributed by atoms with Gasteiger partial charge in [-0.2, -0.15) is 4.31 Å². The van der Waals surface area contributed by atoms with Gasteiger partial charge in [0.1, 0.15) is 10.6 Å². The van der Waals surface area contributed by atoms with Crippen LogP contribution in [0.25, 0.3) is 11.3 Å². The van der Waals surface area contributed by atoms with E-state index in [1.54, 1.807) is 17.5 Å². The van der Waals surface area contributed by atoms with Crippen LogP contribution in [0.15, 0.2) is 45.9 Å². The van der Waals surface area contributed by atoms with Gasteiger partial charge in [-0.25, -0.2) is 8.42 Å². The summed E-state index contributed by atoms with van der Waals surface area (Å²) in [6, 6.07) is 9.53. The van der Waals surface area contributed by atoms with Crippen LogP contribution in [0.3, 0.4) is 0 Å². The number of aromatic nitrogens is 1. The van der Waals surface area contributed by atoms with E-state index in [9.17, 15) is 8.42 Å². The Labute approximate surface area is 174 Å². The molecular weight excluding hydrogens is 410 g/mol. The summed E-state index contributed by atoms with van der Waals surface area (Å²) in [7, 11) is -2.00. The summed E-state index contributed by atoms with van der Waals surface area (Å²) in [5, 5.41) is 3.75. The van der Waals surface area contributed by atoms with Gasteiger partial charge < -0.3 is 14.2 Å². The molecule has 0 spiro atoms. The molecule has 1 aromatic carbocycles. The van der Waals surface area contributed by atoms with Crippen molar-refractivity contribution in [2.24, 2.45) is 0 Å². The lowest BCUT2D eigenvalue weighted by Crippen LogP contribution is -2.48. The van der Waals surface area contributed by atoms with Crippen molar-refractivity contribution in [2.45, 2.75) is 18.7 Å². The lowest BCUT2D eigenvalue weighted by atomic mass is 10.2. The number of hydrogen-bond acceptors (Lipinski definition) is 7. The molecule has 0 bridgehead atoms. The lowest BCUT2D eigenvalue weighted by molar-refractivity contribution is 0.383. The van der Waals surface area contributed by atoms with Gasteiger partial charge in [0.25, 0.3) is 0 Å². The molecule has 9 heteroatoms. The average molecular weight is 434 g/mol. The molecule has 1 aliphatic rings. The highest BCUT2D eigenvalue weighted by Gasteiger charge is 2.34. The maximum Gasteiger partial charge on any atom is 0.245 e. The Kier molecular flexibility index (Phi) is 5.37. The summed E-state index contributed by atoms with van der Waals surface area (Å²) in [6.07, 6.45) is 1.53. The van der Waals surface area contributed by atoms with Crippen molar-refractivity contribution < 1.29 is 17.7 Å². The predicted molar refractivity (Wildman–Crippen MR) is 113 cm³/mol. The molecule has 0 unspecified atom stereocenters. The molecule has 0 radical (unpaired) electrons. The molecule has 29 heavy (non-hydrogen) atoms. The quantitative estimate of drug-likeness (QED) is 0.613. The van der Waals surface area contributed by atoms with Crippen molar-refractivity contribution in [3.05, 3.63) is 46.3 Å². The van der Waals surface area contributed by atoms with Crippen molar-refractivity contribution in [2.75, 3.05) is 38.2 Å². The molecule has 1 aliphatic heterocycles. The largest absolute Gasteiger partial charge is 0.497 e. The van der Waals surface area contributed by atoms with Crippen LogP contribution < -0.4 is 9.64 Å². The topological polar surface area (TPSA) is 75.9 Å². The smallest absolute Gasteiger partial charge is 0.245 e. The molecule has 1 saturated heterocycles. The van der Waals surface area contributed by atoms with E-state index in [2.05, 4.69) is 10.1 Å². The normalized spacial score (nSPS) is 15.6. The number of rotatable bonds is 5. The van der Waals surface area contributed by atoms with Crippen LogP contribution in [-0.2, 0) is 10.0 Å². The fourth-order valence-electron chi connectivity index (χ4n) is 3.73. The second-order valence-electron chi connectivity index (χ2n) is 6.89. The number of ether oxygens (including phenoxy) is 1. The number of nitrogens with zero attached hydrogens (tertiary/aromatic N) is 3. The van der Waals surface area contributed by atoms with Crippen LogP contribution in [-0.4, -0.2) is 51.2 Å². The van der Waals surface area contributed by atoms with Crippen molar-refractivity contribution in [3.8, 4) is 17.1 Å². The standard InChI is InChI=1S/C20H23N3O4S2/c1-14-19(18-7-8-21-27-18)20(15(2)28-14)29(24,25)23-11-9-22(10-12-23)16-5-4-6-17(13-16)26-3/h4-8,13H,9-12H2,1-3H3. The Morgan fingerprint density at radius 1 is 1.10 bits per heavy atom. The van der Waals surface area contributed by atoms with E-state index in [0.717, 1.165) is 21.2 Å². The molecule has 3 aromatic rings. The molecule has 2 aromatic heterocycles. The van der Waals surface area contributed by atoms with Gasteiger partial charge in [0.15, 0.2) is 5.76 Å². The van der Waals surface area contributed by atoms with Crippen LogP contribution in [0.1, 0.15) is 9.75 Å². The molecule has 7 nitrogen and oxygen atoms in total. The van der Waals surface area contributed by atoms with Crippen molar-refractivity contribution in [1.29, 1.82) is 0 Å². The molecular formula is C20H23N3O4S2. The van der Waals surface area contributed by atoms with Crippen LogP contribution in [0.2, 0.25) is 0 Å². The van der Waals surface area contributed by atoms with Crippen molar-refractivity contribution in [3.63, 3.8) is 0 Å². The molecule has 0 saturated carbocycles. The maximum atomic E-state index is 13.5. The molecule has 0 amide bonds. The van der Waals surface area contributed by atoms with Gasteiger partial charge in [0, 0.05) is 53.8 Å². The first-order valence-corrected chi connectivity index (χ1v) is 11.6. The first-order chi connectivity index (χ1) is 13.9. The second kappa shape index (κ2) is 7.81. The van der Waals surface area contributed by atoms with Gasteiger partial charge >= 0.3 is 0 Å². The molecule has 0 atom stereocenters. The van der Waals surface area contributed by atoms with E-state index in [0.29, 0.717) is 42.4 Å². The number of aryl methyl sites for hydroxylation is 2. The summed E-state index contributed by atoms with van der Waals surface area (Å²) in [5.41, 5.74) is 1.66. The third-order valence-electron chi connectivity index (χ3n) is 5.14. The van der Waals surface area contributed by atoms with Crippen LogP contribution in [0, 0.1) is 13.8 Å². The number of piperazine rings is 1. The van der Waals surface area contributed by atoms with E-state index in [1.165, 1.54) is 17.5 Å². The number of anilines is 1. The fourth-order valence-corrected chi connectivity index (χ4v) is 6.97. The third kappa shape index (κ3) is 3.65. The third-order valence-corrected chi connectivity index (χ3v) is 8.37. The molecule has 0 N–H and O–H groups in total. The lowest BCUT2D eigenvalue weighted by Gasteiger charge is -2.35. The second-order valence-corrected chi connectivity index (χ2v) is 10.2. The number of hydrogen-bond donors (Lipinski definition) is 0. The Morgan fingerprint density at radius 3 is 2.52 bits per heavy atom. The molecule has 1 fully saturated rings. The molecule has 0 aliphatic carbocycles. The highest BCUT2D eigenvalue weighted by Crippen LogP contribution is 2.40. The molecule has 3 heterocycles. The summed E-state index contributed by atoms with van der Waals surface area (Å²) >= 11 is 1.47. The number of sulfonamides is 1. The highest BCUT2D eigenvalue weighted by molar-refractivity contribution is 7.89. The average Bonchev–Trinajstić information content (AvgIpc) is 3.35. The van der Waals surface area contributed by atoms with Crippen LogP contribution >= 0.6 is 11.3 Å². The fraction of sp³-hybridized carbons (Fsp3) is 0.350. The Bertz CT molecular complexity index is 1100. The van der Waals surface area contributed by atoms with E-state index in [4.69, 9.17) is 9.26 Å². The number of thiophene rings is 1. The van der Waals surface area contributed by atoms with Gasteiger partial charge in [-0.3, -0.25) is 0 Å². The Balaban J connectivity index is 1.59. The van der Waals surface area contributed by atoms with E-state index in [-0.39, 0.29) is 0 Å². The summed E-state index contributed by atoms with van der Waals surface area (Å²) < 4.78 is 39.2. The number of methoxy groups -OCH3 is 1. The zero-order chi connectivity index (χ0) is 20.6. The van der Waals surface area contributed by atoms with Gasteiger partial charge in [0.2, 0.25) is 10.0 Å². The zero-order valence-electron chi connectivity index (χ0n) is 16.6. The Hall–Kier alpha value is -2.36. The van der Waals surface area contributed by atoms with Gasteiger partial charge in [-0.05, 0) is 26.0 Å². The van der Waals surface area contributed by atoms with E-state index >= 15 is 0 Å². The predicted octanol–water partition coefficient (Wildman–Crippen LogP) is 3.54. The van der Waals surface area contributed by atoms with Crippen LogP contribution in [0.5, 0.6) is 5.75 Å². The van der Waals surface area contributed by atoms with E-state index in [1.807, 2.05) is 38.1 Å². The minimum Gasteiger partial charge on any atom is -0.497 e. The minimum atomic E-state index is -3.64. The SMILES string of the molecule is COc1cccc(N2CCN(S(=O)(=O)c3c(C)sc(C)c3-c3ccno3)CC2)c1. The van der Waals surface area contributed by atoms with Crippen molar-refractivity contribution >= 4 is 27.0 Å². The first-order valence-electron chi connectivity index (χ1n) is 9.32. The molecule has 4 rings (SSSR count). The summed E-state index contributed by atoms with van der Waals surface area (Å²) in [4.78, 5) is 4.20. The van der Waals surface area contributed by atoms with E-state index < -0.39 is 10.0 Å². The van der Waals surface area contributed by atoms with Crippen LogP contribution in [0.4, 0.5) is 5.69 Å². The minimum absolute atomic E-state index is 0.339. The zero-order valence-corrected chi connectivity index (χ0v) is 18.2. The number of benzene rings is 1. The summed E-state index contributed by atoms with van der Waals surface area (Å²) in [6.45, 7) is 5.83. The van der Waals surface area contributed by atoms with Gasteiger partial charge in [-0.15, -0.1) is 11.3 Å². The summed E-state index contributed by atoms with van der Waals surface area (Å²) in [5.74, 6) is 1.28. The highest BCUT2D eigenvalue weighted by atomic mass is 32.2. The van der Waals surface area contributed by atoms with Crippen molar-refractivity contribution in [1.82, 2.24) is 9.46 Å². The monoisotopic (exact) mass is 433 g/mol. The first kappa shape index (κ1) is 19.9. The maximum absolute atomic E-state index is 13.5. The Morgan fingerprint density at radius 2 is 1.86 bits per heavy atom. The molecule has 154 valence electrons. The van der Waals surface area contributed by atoms with Gasteiger partial charge in [0.05, 0.1) is 18.9 Å². The van der Waals surface area contributed by atoms with Gasteiger partial charge in [-0.1, -0.05) is 11.2 Å².